The first-order valence-electron chi connectivity index (χ1n) is 7.07. The second-order valence-corrected chi connectivity index (χ2v) is 5.70. The van der Waals surface area contributed by atoms with E-state index in [1.807, 2.05) is 16.8 Å². The number of nitrogens with zero attached hydrogens (tertiary/aromatic N) is 2. The Labute approximate surface area is 136 Å². The van der Waals surface area contributed by atoms with Crippen molar-refractivity contribution in [2.75, 3.05) is 0 Å². The topological polar surface area (TPSA) is 68.0 Å². The molecule has 3 aromatic rings. The van der Waals surface area contributed by atoms with E-state index in [1.165, 1.54) is 12.1 Å². The molecule has 0 aliphatic carbocycles. The van der Waals surface area contributed by atoms with Crippen LogP contribution in [0.4, 0.5) is 4.39 Å². The molecule has 7 heteroatoms. The van der Waals surface area contributed by atoms with Gasteiger partial charge >= 0.3 is 0 Å². The zero-order chi connectivity index (χ0) is 16.1. The predicted molar refractivity (Wildman–Crippen MR) is 84.2 cm³/mol. The van der Waals surface area contributed by atoms with Crippen molar-refractivity contribution in [2.24, 2.45) is 0 Å². The van der Waals surface area contributed by atoms with Gasteiger partial charge in [0.05, 0.1) is 0 Å². The molecular formula is C16H14FN3O2S. The molecule has 0 aliphatic heterocycles. The molecule has 0 bridgehead atoms. The first-order valence-corrected chi connectivity index (χ1v) is 8.01. The Morgan fingerprint density at radius 1 is 1.30 bits per heavy atom. The van der Waals surface area contributed by atoms with Crippen LogP contribution in [0.5, 0.6) is 0 Å². The summed E-state index contributed by atoms with van der Waals surface area (Å²) in [6.07, 6.45) is 0.604. The molecule has 1 amide bonds. The molecule has 2 heterocycles. The van der Waals surface area contributed by atoms with Gasteiger partial charge in [0.25, 0.3) is 0 Å². The molecule has 23 heavy (non-hydrogen) atoms. The molecule has 1 aromatic carbocycles. The third kappa shape index (κ3) is 4.23. The number of halogens is 1. The van der Waals surface area contributed by atoms with Gasteiger partial charge in [0.1, 0.15) is 5.82 Å². The predicted octanol–water partition coefficient (Wildman–Crippen LogP) is 3.19. The molecule has 0 aliphatic rings. The van der Waals surface area contributed by atoms with Crippen molar-refractivity contribution in [3.05, 3.63) is 58.4 Å². The van der Waals surface area contributed by atoms with Gasteiger partial charge in [-0.2, -0.15) is 11.3 Å². The van der Waals surface area contributed by atoms with Crippen molar-refractivity contribution in [1.29, 1.82) is 0 Å². The number of aryl methyl sites for hydroxylation is 1. The minimum absolute atomic E-state index is 0.149. The number of aromatic nitrogens is 2. The lowest BCUT2D eigenvalue weighted by atomic mass is 10.2. The van der Waals surface area contributed by atoms with Gasteiger partial charge in [-0.15, -0.1) is 10.2 Å². The van der Waals surface area contributed by atoms with Crippen molar-refractivity contribution < 1.29 is 13.6 Å². The average molecular weight is 331 g/mol. The highest BCUT2D eigenvalue weighted by Gasteiger charge is 2.10. The standard InChI is InChI=1S/C16H14FN3O2S/c17-13-3-1-2-11(8-13)9-18-14(21)4-5-15-19-20-16(22-15)12-6-7-23-10-12/h1-3,6-8,10H,4-5,9H2,(H,18,21). The Morgan fingerprint density at radius 3 is 3.00 bits per heavy atom. The van der Waals surface area contributed by atoms with E-state index in [4.69, 9.17) is 4.42 Å². The van der Waals surface area contributed by atoms with Crippen molar-refractivity contribution in [3.8, 4) is 11.5 Å². The SMILES string of the molecule is O=C(CCc1nnc(-c2ccsc2)o1)NCc1cccc(F)c1. The molecular weight excluding hydrogens is 317 g/mol. The van der Waals surface area contributed by atoms with Crippen LogP contribution >= 0.6 is 11.3 Å². The third-order valence-corrected chi connectivity index (χ3v) is 3.86. The van der Waals surface area contributed by atoms with Gasteiger partial charge in [0.15, 0.2) is 0 Å². The number of nitrogens with one attached hydrogen (secondary N) is 1. The maximum absolute atomic E-state index is 13.0. The van der Waals surface area contributed by atoms with Crippen LogP contribution in [0.15, 0.2) is 45.5 Å². The molecule has 5 nitrogen and oxygen atoms in total. The molecule has 0 unspecified atom stereocenters. The lowest BCUT2D eigenvalue weighted by Crippen LogP contribution is -2.23. The van der Waals surface area contributed by atoms with E-state index >= 15 is 0 Å². The van der Waals surface area contributed by atoms with Crippen LogP contribution in [-0.4, -0.2) is 16.1 Å². The highest BCUT2D eigenvalue weighted by Crippen LogP contribution is 2.20. The lowest BCUT2D eigenvalue weighted by molar-refractivity contribution is -0.121. The van der Waals surface area contributed by atoms with Gasteiger partial charge in [0.2, 0.25) is 17.7 Å². The number of carbonyl (C=O) groups is 1. The van der Waals surface area contributed by atoms with Gasteiger partial charge in [-0.05, 0) is 29.1 Å². The maximum Gasteiger partial charge on any atom is 0.248 e. The summed E-state index contributed by atoms with van der Waals surface area (Å²) in [5.74, 6) is 0.418. The fourth-order valence-corrected chi connectivity index (χ4v) is 2.64. The van der Waals surface area contributed by atoms with Gasteiger partial charge in [-0.3, -0.25) is 4.79 Å². The highest BCUT2D eigenvalue weighted by atomic mass is 32.1. The minimum Gasteiger partial charge on any atom is -0.421 e. The second-order valence-electron chi connectivity index (χ2n) is 4.92. The Balaban J connectivity index is 1.47. The quantitative estimate of drug-likeness (QED) is 0.753. The van der Waals surface area contributed by atoms with Gasteiger partial charge < -0.3 is 9.73 Å². The lowest BCUT2D eigenvalue weighted by Gasteiger charge is -2.04. The van der Waals surface area contributed by atoms with Crippen molar-refractivity contribution >= 4 is 17.2 Å². The van der Waals surface area contributed by atoms with E-state index < -0.39 is 0 Å². The van der Waals surface area contributed by atoms with E-state index in [9.17, 15) is 9.18 Å². The van der Waals surface area contributed by atoms with Crippen LogP contribution in [-0.2, 0) is 17.8 Å². The van der Waals surface area contributed by atoms with Crippen molar-refractivity contribution in [1.82, 2.24) is 15.5 Å². The summed E-state index contributed by atoms with van der Waals surface area (Å²) >= 11 is 1.55. The van der Waals surface area contributed by atoms with E-state index in [-0.39, 0.29) is 18.1 Å². The minimum atomic E-state index is -0.316. The highest BCUT2D eigenvalue weighted by molar-refractivity contribution is 7.08. The number of thiophene rings is 1. The van der Waals surface area contributed by atoms with Crippen LogP contribution in [0.25, 0.3) is 11.5 Å². The van der Waals surface area contributed by atoms with E-state index in [2.05, 4.69) is 15.5 Å². The zero-order valence-corrected chi connectivity index (χ0v) is 13.0. The molecule has 1 N–H and O–H groups in total. The van der Waals surface area contributed by atoms with Crippen LogP contribution in [0.3, 0.4) is 0 Å². The molecule has 2 aromatic heterocycles. The summed E-state index contributed by atoms with van der Waals surface area (Å²) in [6, 6.07) is 8.03. The average Bonchev–Trinajstić information content (AvgIpc) is 3.22. The van der Waals surface area contributed by atoms with E-state index in [0.29, 0.717) is 24.7 Å². The first kappa shape index (κ1) is 15.4. The van der Waals surface area contributed by atoms with E-state index in [0.717, 1.165) is 11.1 Å². The van der Waals surface area contributed by atoms with Crippen molar-refractivity contribution in [2.45, 2.75) is 19.4 Å². The van der Waals surface area contributed by atoms with Crippen molar-refractivity contribution in [3.63, 3.8) is 0 Å². The van der Waals surface area contributed by atoms with Crippen LogP contribution in [0.2, 0.25) is 0 Å². The number of benzene rings is 1. The zero-order valence-electron chi connectivity index (χ0n) is 12.2. The monoisotopic (exact) mass is 331 g/mol. The summed E-state index contributed by atoms with van der Waals surface area (Å²) in [6.45, 7) is 0.292. The Kier molecular flexibility index (Phi) is 4.77. The molecule has 0 fully saturated rings. The van der Waals surface area contributed by atoms with Crippen LogP contribution < -0.4 is 5.32 Å². The molecule has 0 spiro atoms. The molecule has 0 saturated heterocycles. The first-order chi connectivity index (χ1) is 11.2. The number of rotatable bonds is 6. The van der Waals surface area contributed by atoms with E-state index in [1.54, 1.807) is 23.5 Å². The third-order valence-electron chi connectivity index (χ3n) is 3.18. The molecule has 0 radical (unpaired) electrons. The normalized spacial score (nSPS) is 10.7. The number of amides is 1. The summed E-state index contributed by atoms with van der Waals surface area (Å²) in [5.41, 5.74) is 1.60. The number of hydrogen-bond donors (Lipinski definition) is 1. The fraction of sp³-hybridized carbons (Fsp3) is 0.188. The summed E-state index contributed by atoms with van der Waals surface area (Å²) in [4.78, 5) is 11.8. The Bertz CT molecular complexity index is 786. The molecule has 3 rings (SSSR count). The molecule has 0 atom stereocenters. The smallest absolute Gasteiger partial charge is 0.248 e. The molecule has 0 saturated carbocycles. The number of hydrogen-bond acceptors (Lipinski definition) is 5. The summed E-state index contributed by atoms with van der Waals surface area (Å²) < 4.78 is 18.6. The van der Waals surface area contributed by atoms with Crippen LogP contribution in [0.1, 0.15) is 17.9 Å². The van der Waals surface area contributed by atoms with Gasteiger partial charge in [-0.25, -0.2) is 4.39 Å². The Hall–Kier alpha value is -2.54. The second kappa shape index (κ2) is 7.15. The van der Waals surface area contributed by atoms with Gasteiger partial charge in [-0.1, -0.05) is 12.1 Å². The number of carbonyl (C=O) groups excluding carboxylic acids is 1. The largest absolute Gasteiger partial charge is 0.421 e. The fourth-order valence-electron chi connectivity index (χ4n) is 2.01. The summed E-state index contributed by atoms with van der Waals surface area (Å²) in [5, 5.41) is 14.5. The maximum atomic E-state index is 13.0. The van der Waals surface area contributed by atoms with Gasteiger partial charge in [0, 0.05) is 30.3 Å². The summed E-state index contributed by atoms with van der Waals surface area (Å²) in [7, 11) is 0. The van der Waals surface area contributed by atoms with Crippen LogP contribution in [0, 0.1) is 5.82 Å². The molecule has 118 valence electrons. The Morgan fingerprint density at radius 2 is 2.22 bits per heavy atom.